The van der Waals surface area contributed by atoms with Crippen molar-refractivity contribution in [1.29, 1.82) is 0 Å². The molecule has 6 nitrogen and oxygen atoms in total. The van der Waals surface area contributed by atoms with Crippen LogP contribution in [0.1, 0.15) is 25.3 Å². The molecule has 0 bridgehead atoms. The van der Waals surface area contributed by atoms with Crippen molar-refractivity contribution in [3.8, 4) is 11.5 Å². The van der Waals surface area contributed by atoms with Gasteiger partial charge >= 0.3 is 5.97 Å². The van der Waals surface area contributed by atoms with E-state index in [1.807, 2.05) is 6.92 Å². The number of nitrogens with one attached hydrogen (secondary N) is 1. The first-order valence-corrected chi connectivity index (χ1v) is 7.85. The predicted octanol–water partition coefficient (Wildman–Crippen LogP) is 2.47. The Hall–Kier alpha value is -1.95. The summed E-state index contributed by atoms with van der Waals surface area (Å²) in [5, 5.41) is 12.2. The number of carbonyl (C=O) groups is 2. The molecule has 2 N–H and O–H groups in total. The standard InChI is InChI=1S/C16H20ClNO5/c1-3-23-14-12(17)6-9(7-13(14)22-2)8-18-15(19)10-4-5-11(10)16(20)21/h6-7,10-11H,3-5,8H2,1-2H3,(H,18,19)(H,20,21). The Labute approximate surface area is 139 Å². The van der Waals surface area contributed by atoms with Gasteiger partial charge in [0.25, 0.3) is 0 Å². The van der Waals surface area contributed by atoms with Crippen molar-refractivity contribution in [2.45, 2.75) is 26.3 Å². The van der Waals surface area contributed by atoms with Crippen LogP contribution in [0, 0.1) is 11.8 Å². The lowest BCUT2D eigenvalue weighted by Crippen LogP contribution is -2.43. The third kappa shape index (κ3) is 3.88. The van der Waals surface area contributed by atoms with E-state index in [4.69, 9.17) is 26.2 Å². The van der Waals surface area contributed by atoms with E-state index in [2.05, 4.69) is 5.32 Å². The van der Waals surface area contributed by atoms with Gasteiger partial charge in [0, 0.05) is 6.54 Å². The zero-order valence-electron chi connectivity index (χ0n) is 13.1. The summed E-state index contributed by atoms with van der Waals surface area (Å²) < 4.78 is 10.7. The maximum atomic E-state index is 12.1. The van der Waals surface area contributed by atoms with Gasteiger partial charge in [-0.15, -0.1) is 0 Å². The van der Waals surface area contributed by atoms with Crippen molar-refractivity contribution < 1.29 is 24.2 Å². The van der Waals surface area contributed by atoms with E-state index in [0.29, 0.717) is 36.0 Å². The molecular formula is C16H20ClNO5. The van der Waals surface area contributed by atoms with Crippen LogP contribution >= 0.6 is 11.6 Å². The molecule has 1 fully saturated rings. The van der Waals surface area contributed by atoms with Crippen LogP contribution in [0.15, 0.2) is 12.1 Å². The van der Waals surface area contributed by atoms with E-state index >= 15 is 0 Å². The molecule has 1 aliphatic rings. The highest BCUT2D eigenvalue weighted by Gasteiger charge is 2.41. The number of carbonyl (C=O) groups excluding carboxylic acids is 1. The molecule has 7 heteroatoms. The van der Waals surface area contributed by atoms with Crippen LogP contribution in [-0.2, 0) is 16.1 Å². The van der Waals surface area contributed by atoms with Crippen LogP contribution in [-0.4, -0.2) is 30.7 Å². The van der Waals surface area contributed by atoms with Crippen molar-refractivity contribution in [2.24, 2.45) is 11.8 Å². The number of amides is 1. The Morgan fingerprint density at radius 2 is 2.04 bits per heavy atom. The highest BCUT2D eigenvalue weighted by atomic mass is 35.5. The molecule has 2 rings (SSSR count). The predicted molar refractivity (Wildman–Crippen MR) is 84.9 cm³/mol. The van der Waals surface area contributed by atoms with Gasteiger partial charge in [-0.1, -0.05) is 11.6 Å². The first-order valence-electron chi connectivity index (χ1n) is 7.47. The summed E-state index contributed by atoms with van der Waals surface area (Å²) in [6, 6.07) is 3.44. The first kappa shape index (κ1) is 17.4. The molecule has 0 aliphatic heterocycles. The number of ether oxygens (including phenoxy) is 2. The van der Waals surface area contributed by atoms with Crippen LogP contribution < -0.4 is 14.8 Å². The Morgan fingerprint density at radius 1 is 1.35 bits per heavy atom. The topological polar surface area (TPSA) is 84.9 Å². The van der Waals surface area contributed by atoms with Gasteiger partial charge < -0.3 is 19.9 Å². The van der Waals surface area contributed by atoms with Crippen LogP contribution in [0.2, 0.25) is 5.02 Å². The number of hydrogen-bond acceptors (Lipinski definition) is 4. The zero-order valence-corrected chi connectivity index (χ0v) is 13.9. The van der Waals surface area contributed by atoms with E-state index in [1.54, 1.807) is 12.1 Å². The highest BCUT2D eigenvalue weighted by Crippen LogP contribution is 2.37. The second-order valence-electron chi connectivity index (χ2n) is 5.39. The summed E-state index contributed by atoms with van der Waals surface area (Å²) in [5.41, 5.74) is 0.759. The van der Waals surface area contributed by atoms with Gasteiger partial charge in [0.15, 0.2) is 11.5 Å². The lowest BCUT2D eigenvalue weighted by molar-refractivity contribution is -0.152. The van der Waals surface area contributed by atoms with Gasteiger partial charge in [0.05, 0.1) is 30.6 Å². The average molecular weight is 342 g/mol. The summed E-state index contributed by atoms with van der Waals surface area (Å²) in [7, 11) is 1.52. The Bertz CT molecular complexity index is 604. The molecular weight excluding hydrogens is 322 g/mol. The molecule has 0 radical (unpaired) electrons. The second-order valence-corrected chi connectivity index (χ2v) is 5.80. The van der Waals surface area contributed by atoms with E-state index < -0.39 is 17.8 Å². The summed E-state index contributed by atoms with van der Waals surface area (Å²) in [6.45, 7) is 2.57. The van der Waals surface area contributed by atoms with Crippen molar-refractivity contribution in [2.75, 3.05) is 13.7 Å². The summed E-state index contributed by atoms with van der Waals surface area (Å²) >= 11 is 6.18. The number of benzene rings is 1. The lowest BCUT2D eigenvalue weighted by Gasteiger charge is -2.31. The molecule has 126 valence electrons. The zero-order chi connectivity index (χ0) is 17.0. The Kier molecular flexibility index (Phi) is 5.71. The Morgan fingerprint density at radius 3 is 2.57 bits per heavy atom. The third-order valence-corrected chi connectivity index (χ3v) is 4.25. The first-order chi connectivity index (χ1) is 11.0. The van der Waals surface area contributed by atoms with Crippen molar-refractivity contribution in [1.82, 2.24) is 5.32 Å². The van der Waals surface area contributed by atoms with Gasteiger partial charge in [0.2, 0.25) is 5.91 Å². The van der Waals surface area contributed by atoms with Crippen LogP contribution in [0.3, 0.4) is 0 Å². The molecule has 2 atom stereocenters. The minimum atomic E-state index is -0.915. The smallest absolute Gasteiger partial charge is 0.307 e. The second kappa shape index (κ2) is 7.55. The van der Waals surface area contributed by atoms with Crippen LogP contribution in [0.5, 0.6) is 11.5 Å². The number of hydrogen-bond donors (Lipinski definition) is 2. The minimum absolute atomic E-state index is 0.243. The fourth-order valence-electron chi connectivity index (χ4n) is 2.59. The molecule has 1 saturated carbocycles. The monoisotopic (exact) mass is 341 g/mol. The lowest BCUT2D eigenvalue weighted by atomic mass is 9.73. The SMILES string of the molecule is CCOc1c(Cl)cc(CNC(=O)C2CCC2C(=O)O)cc1OC. The maximum absolute atomic E-state index is 12.1. The number of aliphatic carboxylic acids is 1. The minimum Gasteiger partial charge on any atom is -0.493 e. The Balaban J connectivity index is 2.02. The molecule has 1 aliphatic carbocycles. The summed E-state index contributed by atoms with van der Waals surface area (Å²) in [5.74, 6) is -1.22. The molecule has 1 amide bonds. The molecule has 0 spiro atoms. The highest BCUT2D eigenvalue weighted by molar-refractivity contribution is 6.32. The molecule has 0 heterocycles. The third-order valence-electron chi connectivity index (χ3n) is 3.97. The molecule has 1 aromatic rings. The van der Waals surface area contributed by atoms with Crippen molar-refractivity contribution in [3.63, 3.8) is 0 Å². The fourth-order valence-corrected chi connectivity index (χ4v) is 2.88. The van der Waals surface area contributed by atoms with Gasteiger partial charge in [-0.3, -0.25) is 9.59 Å². The molecule has 0 saturated heterocycles. The number of rotatable bonds is 7. The van der Waals surface area contributed by atoms with Gasteiger partial charge in [0.1, 0.15) is 0 Å². The number of halogens is 1. The largest absolute Gasteiger partial charge is 0.493 e. The fraction of sp³-hybridized carbons (Fsp3) is 0.500. The van der Waals surface area contributed by atoms with E-state index in [-0.39, 0.29) is 12.5 Å². The summed E-state index contributed by atoms with van der Waals surface area (Å²) in [6.07, 6.45) is 1.16. The van der Waals surface area contributed by atoms with E-state index in [9.17, 15) is 9.59 Å². The summed E-state index contributed by atoms with van der Waals surface area (Å²) in [4.78, 5) is 23.0. The maximum Gasteiger partial charge on any atom is 0.307 e. The normalized spacial score (nSPS) is 19.6. The molecule has 1 aromatic carbocycles. The van der Waals surface area contributed by atoms with E-state index in [0.717, 1.165) is 5.56 Å². The average Bonchev–Trinajstić information content (AvgIpc) is 2.45. The van der Waals surface area contributed by atoms with Gasteiger partial charge in [-0.05, 0) is 37.5 Å². The van der Waals surface area contributed by atoms with Crippen molar-refractivity contribution >= 4 is 23.5 Å². The molecule has 23 heavy (non-hydrogen) atoms. The van der Waals surface area contributed by atoms with Crippen LogP contribution in [0.4, 0.5) is 0 Å². The van der Waals surface area contributed by atoms with Crippen LogP contribution in [0.25, 0.3) is 0 Å². The number of methoxy groups -OCH3 is 1. The molecule has 2 unspecified atom stereocenters. The molecule has 0 aromatic heterocycles. The quantitative estimate of drug-likeness (QED) is 0.795. The van der Waals surface area contributed by atoms with Gasteiger partial charge in [-0.25, -0.2) is 0 Å². The van der Waals surface area contributed by atoms with Crippen molar-refractivity contribution in [3.05, 3.63) is 22.7 Å². The van der Waals surface area contributed by atoms with E-state index in [1.165, 1.54) is 7.11 Å². The number of carboxylic acid groups (broad SMARTS) is 1. The number of carboxylic acids is 1. The van der Waals surface area contributed by atoms with Gasteiger partial charge in [-0.2, -0.15) is 0 Å².